The van der Waals surface area contributed by atoms with Gasteiger partial charge in [0.1, 0.15) is 0 Å². The van der Waals surface area contributed by atoms with Gasteiger partial charge in [-0.1, -0.05) is 35.9 Å². The van der Waals surface area contributed by atoms with Crippen LogP contribution in [0.1, 0.15) is 27.5 Å². The molecule has 1 heterocycles. The van der Waals surface area contributed by atoms with Gasteiger partial charge in [0.25, 0.3) is 5.91 Å². The number of aryl methyl sites for hydroxylation is 1. The molecule has 0 aromatic heterocycles. The molecule has 0 aliphatic carbocycles. The number of hydrogen-bond donors (Lipinski definition) is 1. The molecular weight excluding hydrogens is 427 g/mol. The second kappa shape index (κ2) is 8.78. The summed E-state index contributed by atoms with van der Waals surface area (Å²) in [5.41, 5.74) is 3.06. The zero-order valence-electron chi connectivity index (χ0n) is 14.4. The Morgan fingerprint density at radius 1 is 1.20 bits per heavy atom. The molecule has 0 bridgehead atoms. The monoisotopic (exact) mass is 450 g/mol. The van der Waals surface area contributed by atoms with Crippen LogP contribution in [0.4, 0.5) is 0 Å². The largest absolute Gasteiger partial charge is 0.379 e. The fourth-order valence-electron chi connectivity index (χ4n) is 2.95. The molecule has 3 rings (SSSR count). The van der Waals surface area contributed by atoms with Gasteiger partial charge in [0, 0.05) is 28.8 Å². The van der Waals surface area contributed by atoms with Gasteiger partial charge in [-0.3, -0.25) is 9.69 Å². The highest BCUT2D eigenvalue weighted by molar-refractivity contribution is 14.1. The first-order valence-corrected chi connectivity index (χ1v) is 9.63. The number of morpholine rings is 1. The van der Waals surface area contributed by atoms with Gasteiger partial charge in [-0.15, -0.1) is 0 Å². The van der Waals surface area contributed by atoms with E-state index in [2.05, 4.69) is 64.0 Å². The van der Waals surface area contributed by atoms with Crippen molar-refractivity contribution < 1.29 is 9.53 Å². The first kappa shape index (κ1) is 18.4. The highest BCUT2D eigenvalue weighted by Crippen LogP contribution is 2.18. The molecule has 1 fully saturated rings. The zero-order chi connectivity index (χ0) is 17.6. The molecule has 2 aromatic rings. The molecule has 2 aromatic carbocycles. The van der Waals surface area contributed by atoms with Gasteiger partial charge in [-0.25, -0.2) is 0 Å². The number of carbonyl (C=O) groups excluding carboxylic acids is 1. The lowest BCUT2D eigenvalue weighted by Crippen LogP contribution is -2.43. The van der Waals surface area contributed by atoms with Crippen molar-refractivity contribution in [2.24, 2.45) is 0 Å². The molecule has 1 atom stereocenters. The topological polar surface area (TPSA) is 41.6 Å². The van der Waals surface area contributed by atoms with Crippen LogP contribution >= 0.6 is 22.6 Å². The van der Waals surface area contributed by atoms with Gasteiger partial charge in [0.2, 0.25) is 0 Å². The van der Waals surface area contributed by atoms with Gasteiger partial charge in [-0.05, 0) is 53.3 Å². The van der Waals surface area contributed by atoms with E-state index < -0.39 is 0 Å². The molecule has 0 radical (unpaired) electrons. The number of nitrogens with one attached hydrogen (secondary N) is 1. The van der Waals surface area contributed by atoms with E-state index in [-0.39, 0.29) is 11.9 Å². The summed E-state index contributed by atoms with van der Waals surface area (Å²) in [6.45, 7) is 6.19. The minimum Gasteiger partial charge on any atom is -0.379 e. The highest BCUT2D eigenvalue weighted by atomic mass is 127. The first-order valence-electron chi connectivity index (χ1n) is 8.55. The van der Waals surface area contributed by atoms with Crippen LogP contribution in [0.25, 0.3) is 0 Å². The highest BCUT2D eigenvalue weighted by Gasteiger charge is 2.20. The maximum absolute atomic E-state index is 12.7. The lowest BCUT2D eigenvalue weighted by Gasteiger charge is -2.31. The molecule has 1 aliphatic heterocycles. The molecule has 1 N–H and O–H groups in total. The SMILES string of the molecule is Cc1ccc([C@@H](CN2CCOCC2)NC(=O)c2cccc(I)c2)cc1. The van der Waals surface area contributed by atoms with E-state index in [4.69, 9.17) is 4.74 Å². The van der Waals surface area contributed by atoms with Gasteiger partial charge < -0.3 is 10.1 Å². The molecule has 0 unspecified atom stereocenters. The van der Waals surface area contributed by atoms with Crippen molar-refractivity contribution in [2.45, 2.75) is 13.0 Å². The first-order chi connectivity index (χ1) is 12.1. The van der Waals surface area contributed by atoms with Gasteiger partial charge in [0.05, 0.1) is 19.3 Å². The smallest absolute Gasteiger partial charge is 0.251 e. The van der Waals surface area contributed by atoms with E-state index in [1.54, 1.807) is 0 Å². The predicted molar refractivity (Wildman–Crippen MR) is 108 cm³/mol. The summed E-state index contributed by atoms with van der Waals surface area (Å²) in [5.74, 6) is -0.0302. The normalized spacial score (nSPS) is 16.4. The molecular formula is C20H23IN2O2. The van der Waals surface area contributed by atoms with E-state index in [9.17, 15) is 4.79 Å². The summed E-state index contributed by atoms with van der Waals surface area (Å²) >= 11 is 2.23. The zero-order valence-corrected chi connectivity index (χ0v) is 16.5. The van der Waals surface area contributed by atoms with Crippen LogP contribution in [0.2, 0.25) is 0 Å². The Balaban J connectivity index is 1.77. The molecule has 1 amide bonds. The van der Waals surface area contributed by atoms with Crippen molar-refractivity contribution in [1.29, 1.82) is 0 Å². The van der Waals surface area contributed by atoms with E-state index in [1.165, 1.54) is 5.56 Å². The van der Waals surface area contributed by atoms with E-state index >= 15 is 0 Å². The maximum atomic E-state index is 12.7. The molecule has 25 heavy (non-hydrogen) atoms. The van der Waals surface area contributed by atoms with Crippen LogP contribution in [0.5, 0.6) is 0 Å². The Hall–Kier alpha value is -1.44. The Kier molecular flexibility index (Phi) is 6.45. The minimum atomic E-state index is -0.0379. The number of nitrogens with zero attached hydrogens (tertiary/aromatic N) is 1. The van der Waals surface area contributed by atoms with Crippen LogP contribution in [0.15, 0.2) is 48.5 Å². The Labute approximate surface area is 162 Å². The van der Waals surface area contributed by atoms with E-state index in [0.717, 1.165) is 42.0 Å². The van der Waals surface area contributed by atoms with Crippen molar-refractivity contribution in [3.05, 3.63) is 68.8 Å². The summed E-state index contributed by atoms with van der Waals surface area (Å²) in [4.78, 5) is 15.1. The number of carbonyl (C=O) groups is 1. The van der Waals surface area contributed by atoms with Crippen LogP contribution in [-0.2, 0) is 4.74 Å². The van der Waals surface area contributed by atoms with Crippen LogP contribution in [-0.4, -0.2) is 43.7 Å². The third-order valence-electron chi connectivity index (χ3n) is 4.42. The van der Waals surface area contributed by atoms with E-state index in [1.807, 2.05) is 24.3 Å². The van der Waals surface area contributed by atoms with Crippen molar-refractivity contribution in [3.63, 3.8) is 0 Å². The molecule has 1 aliphatic rings. The van der Waals surface area contributed by atoms with Crippen molar-refractivity contribution in [2.75, 3.05) is 32.8 Å². The minimum absolute atomic E-state index is 0.0302. The van der Waals surface area contributed by atoms with Gasteiger partial charge in [-0.2, -0.15) is 0 Å². The third-order valence-corrected chi connectivity index (χ3v) is 5.09. The number of benzene rings is 2. The summed E-state index contributed by atoms with van der Waals surface area (Å²) in [6, 6.07) is 16.0. The van der Waals surface area contributed by atoms with Crippen LogP contribution in [0, 0.1) is 10.5 Å². The number of halogens is 1. The number of ether oxygens (including phenoxy) is 1. The third kappa shape index (κ3) is 5.26. The molecule has 1 saturated heterocycles. The predicted octanol–water partition coefficient (Wildman–Crippen LogP) is 3.40. The van der Waals surface area contributed by atoms with Crippen LogP contribution < -0.4 is 5.32 Å². The lowest BCUT2D eigenvalue weighted by molar-refractivity contribution is 0.0332. The maximum Gasteiger partial charge on any atom is 0.251 e. The van der Waals surface area contributed by atoms with Gasteiger partial charge in [0.15, 0.2) is 0 Å². The average molecular weight is 450 g/mol. The second-order valence-electron chi connectivity index (χ2n) is 6.36. The molecule has 0 spiro atoms. The van der Waals surface area contributed by atoms with Crippen molar-refractivity contribution in [1.82, 2.24) is 10.2 Å². The quantitative estimate of drug-likeness (QED) is 0.711. The number of hydrogen-bond acceptors (Lipinski definition) is 3. The molecule has 4 nitrogen and oxygen atoms in total. The van der Waals surface area contributed by atoms with Crippen molar-refractivity contribution in [3.8, 4) is 0 Å². The lowest BCUT2D eigenvalue weighted by atomic mass is 10.0. The fourth-order valence-corrected chi connectivity index (χ4v) is 3.49. The molecule has 0 saturated carbocycles. The molecule has 132 valence electrons. The number of rotatable bonds is 5. The summed E-state index contributed by atoms with van der Waals surface area (Å²) < 4.78 is 6.50. The van der Waals surface area contributed by atoms with Crippen molar-refractivity contribution >= 4 is 28.5 Å². The Morgan fingerprint density at radius 3 is 2.60 bits per heavy atom. The summed E-state index contributed by atoms with van der Waals surface area (Å²) in [6.07, 6.45) is 0. The van der Waals surface area contributed by atoms with Gasteiger partial charge >= 0.3 is 0 Å². The second-order valence-corrected chi connectivity index (χ2v) is 7.61. The Bertz CT molecular complexity index is 712. The Morgan fingerprint density at radius 2 is 1.92 bits per heavy atom. The average Bonchev–Trinajstić information content (AvgIpc) is 2.62. The number of amides is 1. The standard InChI is InChI=1S/C20H23IN2O2/c1-15-5-7-16(8-6-15)19(14-23-9-11-25-12-10-23)22-20(24)17-3-2-4-18(21)13-17/h2-8,13,19H,9-12,14H2,1H3,(H,22,24)/t19-/m1/s1. The summed E-state index contributed by atoms with van der Waals surface area (Å²) in [5, 5.41) is 3.22. The fraction of sp³-hybridized carbons (Fsp3) is 0.350. The van der Waals surface area contributed by atoms with Crippen LogP contribution in [0.3, 0.4) is 0 Å². The van der Waals surface area contributed by atoms with E-state index in [0.29, 0.717) is 5.56 Å². The summed E-state index contributed by atoms with van der Waals surface area (Å²) in [7, 11) is 0. The molecule has 5 heteroatoms.